The molecule has 1 fully saturated rings. The van der Waals surface area contributed by atoms with E-state index in [2.05, 4.69) is 17.0 Å². The minimum absolute atomic E-state index is 0.0966. The zero-order chi connectivity index (χ0) is 14.4. The molecular weight excluding hydrogens is 276 g/mol. The van der Waals surface area contributed by atoms with Crippen LogP contribution < -0.4 is 14.8 Å². The van der Waals surface area contributed by atoms with E-state index in [1.165, 1.54) is 0 Å². The van der Waals surface area contributed by atoms with Gasteiger partial charge in [-0.15, -0.1) is 0 Å². The van der Waals surface area contributed by atoms with Crippen molar-refractivity contribution in [1.29, 1.82) is 0 Å². The molecule has 0 aromatic heterocycles. The minimum atomic E-state index is -3.47. The average Bonchev–Trinajstić information content (AvgIpc) is 3.22. The second kappa shape index (κ2) is 7.06. The van der Waals surface area contributed by atoms with Gasteiger partial charge in [-0.1, -0.05) is 19.1 Å². The zero-order valence-corrected chi connectivity index (χ0v) is 12.6. The van der Waals surface area contributed by atoms with Crippen LogP contribution in [-0.4, -0.2) is 34.2 Å². The summed E-state index contributed by atoms with van der Waals surface area (Å²) in [5, 5.41) is 3.22. The maximum Gasteiger partial charge on any atom is 0.244 e. The second-order valence-corrected chi connectivity index (χ2v) is 6.62. The van der Waals surface area contributed by atoms with E-state index >= 15 is 0 Å². The Hall–Kier alpha value is -1.11. The Morgan fingerprint density at radius 2 is 2.00 bits per heavy atom. The molecule has 0 unspecified atom stereocenters. The molecule has 0 atom stereocenters. The van der Waals surface area contributed by atoms with Crippen molar-refractivity contribution in [3.63, 3.8) is 0 Å². The third-order valence-electron chi connectivity index (χ3n) is 3.00. The van der Waals surface area contributed by atoms with Crippen LogP contribution in [0, 0.1) is 0 Å². The fraction of sp³-hybridized carbons (Fsp3) is 0.571. The molecule has 0 heterocycles. The first-order valence-electron chi connectivity index (χ1n) is 7.08. The molecule has 0 amide bonds. The topological polar surface area (TPSA) is 67.4 Å². The summed E-state index contributed by atoms with van der Waals surface area (Å²) in [7, 11) is -3.47. The third-order valence-corrected chi connectivity index (χ3v) is 4.56. The van der Waals surface area contributed by atoms with Crippen LogP contribution in [0.3, 0.4) is 0 Å². The van der Waals surface area contributed by atoms with Crippen molar-refractivity contribution in [2.75, 3.05) is 19.7 Å². The Balaban J connectivity index is 1.98. The standard InChI is InChI=1S/C14H22N2O3S/c1-2-9-15-10-11-19-13-5-3-4-6-14(13)20(17,18)16-12-7-8-12/h3-6,12,15-16H,2,7-11H2,1H3. The first kappa shape index (κ1) is 15.3. The van der Waals surface area contributed by atoms with Crippen LogP contribution in [0.15, 0.2) is 29.2 Å². The number of ether oxygens (including phenoxy) is 1. The first-order chi connectivity index (χ1) is 9.63. The molecule has 5 nitrogen and oxygen atoms in total. The second-order valence-electron chi connectivity index (χ2n) is 4.94. The molecule has 2 N–H and O–H groups in total. The van der Waals surface area contributed by atoms with Crippen molar-refractivity contribution in [3.05, 3.63) is 24.3 Å². The molecule has 1 saturated carbocycles. The fourth-order valence-corrected chi connectivity index (χ4v) is 3.26. The van der Waals surface area contributed by atoms with Crippen LogP contribution in [0.2, 0.25) is 0 Å². The summed E-state index contributed by atoms with van der Waals surface area (Å²) in [5.41, 5.74) is 0. The molecule has 1 aliphatic rings. The van der Waals surface area contributed by atoms with E-state index in [0.717, 1.165) is 25.8 Å². The van der Waals surface area contributed by atoms with Crippen LogP contribution >= 0.6 is 0 Å². The Morgan fingerprint density at radius 1 is 1.25 bits per heavy atom. The molecule has 20 heavy (non-hydrogen) atoms. The van der Waals surface area contributed by atoms with Crippen molar-refractivity contribution in [2.24, 2.45) is 0 Å². The lowest BCUT2D eigenvalue weighted by Crippen LogP contribution is -2.27. The van der Waals surface area contributed by atoms with Crippen molar-refractivity contribution in [2.45, 2.75) is 37.1 Å². The molecule has 1 aliphatic carbocycles. The molecule has 0 saturated heterocycles. The summed E-state index contributed by atoms with van der Waals surface area (Å²) in [4.78, 5) is 0.224. The van der Waals surface area contributed by atoms with E-state index in [0.29, 0.717) is 18.9 Å². The Kier molecular flexibility index (Phi) is 5.39. The van der Waals surface area contributed by atoms with Crippen LogP contribution in [-0.2, 0) is 10.0 Å². The molecule has 0 radical (unpaired) electrons. The van der Waals surface area contributed by atoms with Crippen molar-refractivity contribution in [1.82, 2.24) is 10.0 Å². The lowest BCUT2D eigenvalue weighted by Gasteiger charge is -2.12. The number of sulfonamides is 1. The number of benzene rings is 1. The van der Waals surface area contributed by atoms with Gasteiger partial charge in [-0.05, 0) is 37.9 Å². The van der Waals surface area contributed by atoms with E-state index in [4.69, 9.17) is 4.74 Å². The predicted octanol–water partition coefficient (Wildman–Crippen LogP) is 1.51. The fourth-order valence-electron chi connectivity index (χ4n) is 1.81. The van der Waals surface area contributed by atoms with E-state index < -0.39 is 10.0 Å². The van der Waals surface area contributed by atoms with Gasteiger partial charge in [-0.2, -0.15) is 0 Å². The van der Waals surface area contributed by atoms with Gasteiger partial charge in [-0.3, -0.25) is 0 Å². The number of rotatable bonds is 9. The maximum absolute atomic E-state index is 12.2. The van der Waals surface area contributed by atoms with Gasteiger partial charge in [-0.25, -0.2) is 13.1 Å². The first-order valence-corrected chi connectivity index (χ1v) is 8.56. The summed E-state index contributed by atoms with van der Waals surface area (Å²) >= 11 is 0. The highest BCUT2D eigenvalue weighted by Crippen LogP contribution is 2.27. The Labute approximate surface area is 120 Å². The zero-order valence-electron chi connectivity index (χ0n) is 11.8. The molecule has 1 aromatic rings. The van der Waals surface area contributed by atoms with E-state index in [-0.39, 0.29) is 10.9 Å². The van der Waals surface area contributed by atoms with Crippen molar-refractivity contribution < 1.29 is 13.2 Å². The third kappa shape index (κ3) is 4.47. The van der Waals surface area contributed by atoms with Gasteiger partial charge in [0.25, 0.3) is 0 Å². The molecule has 0 bridgehead atoms. The van der Waals surface area contributed by atoms with Crippen LogP contribution in [0.4, 0.5) is 0 Å². The van der Waals surface area contributed by atoms with Gasteiger partial charge in [0.15, 0.2) is 0 Å². The van der Waals surface area contributed by atoms with E-state index in [9.17, 15) is 8.42 Å². The molecule has 112 valence electrons. The van der Waals surface area contributed by atoms with Gasteiger partial charge in [0.2, 0.25) is 10.0 Å². The number of hydrogen-bond acceptors (Lipinski definition) is 4. The summed E-state index contributed by atoms with van der Waals surface area (Å²) < 4.78 is 32.7. The Morgan fingerprint density at radius 3 is 2.70 bits per heavy atom. The molecule has 0 aliphatic heterocycles. The van der Waals surface area contributed by atoms with Crippen molar-refractivity contribution in [3.8, 4) is 5.75 Å². The van der Waals surface area contributed by atoms with Gasteiger partial charge in [0, 0.05) is 12.6 Å². The predicted molar refractivity (Wildman–Crippen MR) is 78.4 cm³/mol. The number of hydrogen-bond donors (Lipinski definition) is 2. The van der Waals surface area contributed by atoms with Gasteiger partial charge < -0.3 is 10.1 Å². The summed E-state index contributed by atoms with van der Waals surface area (Å²) in [5.74, 6) is 0.416. The maximum atomic E-state index is 12.2. The van der Waals surface area contributed by atoms with E-state index in [1.807, 2.05) is 0 Å². The highest BCUT2D eigenvalue weighted by molar-refractivity contribution is 7.89. The number of nitrogens with one attached hydrogen (secondary N) is 2. The van der Waals surface area contributed by atoms with Crippen LogP contribution in [0.25, 0.3) is 0 Å². The van der Waals surface area contributed by atoms with Crippen LogP contribution in [0.1, 0.15) is 26.2 Å². The highest BCUT2D eigenvalue weighted by atomic mass is 32.2. The summed E-state index contributed by atoms with van der Waals surface area (Å²) in [6.45, 7) is 4.19. The summed E-state index contributed by atoms with van der Waals surface area (Å²) in [6.07, 6.45) is 2.91. The largest absolute Gasteiger partial charge is 0.491 e. The van der Waals surface area contributed by atoms with Crippen LogP contribution in [0.5, 0.6) is 5.75 Å². The molecular formula is C14H22N2O3S. The SMILES string of the molecule is CCCNCCOc1ccccc1S(=O)(=O)NC1CC1. The Bertz CT molecular complexity index is 527. The van der Waals surface area contributed by atoms with Crippen molar-refractivity contribution >= 4 is 10.0 Å². The molecule has 0 spiro atoms. The minimum Gasteiger partial charge on any atom is -0.491 e. The lowest BCUT2D eigenvalue weighted by atomic mass is 10.3. The monoisotopic (exact) mass is 298 g/mol. The lowest BCUT2D eigenvalue weighted by molar-refractivity contribution is 0.306. The number of para-hydroxylation sites is 1. The summed E-state index contributed by atoms with van der Waals surface area (Å²) in [6, 6.07) is 6.87. The molecule has 6 heteroatoms. The van der Waals surface area contributed by atoms with Gasteiger partial charge in [0.05, 0.1) is 0 Å². The smallest absolute Gasteiger partial charge is 0.244 e. The highest BCUT2D eigenvalue weighted by Gasteiger charge is 2.29. The van der Waals surface area contributed by atoms with E-state index in [1.54, 1.807) is 24.3 Å². The molecule has 1 aromatic carbocycles. The normalized spacial score (nSPS) is 15.2. The van der Waals surface area contributed by atoms with Gasteiger partial charge in [0.1, 0.15) is 17.3 Å². The van der Waals surface area contributed by atoms with Gasteiger partial charge >= 0.3 is 0 Å². The quantitative estimate of drug-likeness (QED) is 0.678. The average molecular weight is 298 g/mol. The molecule has 2 rings (SSSR count).